The van der Waals surface area contributed by atoms with Gasteiger partial charge in [-0.15, -0.1) is 0 Å². The Bertz CT molecular complexity index is 7.61. The molecule has 0 aliphatic rings. The molecule has 0 nitrogen and oxygen atoms in total. The quantitative estimate of drug-likeness (QED) is 0.379. The molecule has 0 N–H and O–H groups in total. The maximum Gasteiger partial charge on any atom is 0.350 e. The summed E-state index contributed by atoms with van der Waals surface area (Å²) < 4.78 is 19.3. The molecule has 5 heavy (non-hydrogen) atoms. The van der Waals surface area contributed by atoms with E-state index in [1.807, 2.05) is 0 Å². The Morgan fingerprint density at radius 3 is 1.60 bits per heavy atom. The second kappa shape index (κ2) is 39.3. The largest absolute Gasteiger partial charge is 0.350 e. The van der Waals surface area contributed by atoms with E-state index in [2.05, 4.69) is 8.12 Å². The summed E-state index contributed by atoms with van der Waals surface area (Å²) in [5.74, 6) is 0. The van der Waals surface area contributed by atoms with E-state index in [4.69, 9.17) is 4.32 Å². The SMILES string of the molecule is CCF.[B]F. The highest BCUT2D eigenvalue weighted by Gasteiger charge is 1.39. The van der Waals surface area contributed by atoms with E-state index in [0.29, 0.717) is 0 Å². The molecule has 0 saturated heterocycles. The summed E-state index contributed by atoms with van der Waals surface area (Å²) in [5.41, 5.74) is 0. The first kappa shape index (κ1) is 8.87. The normalized spacial score (nSPS) is 4.60. The third-order valence-corrected chi connectivity index (χ3v) is 0. The smallest absolute Gasteiger partial charge is 0.350 e. The fourth-order valence-corrected chi connectivity index (χ4v) is 0. The third kappa shape index (κ3) is 2580. The van der Waals surface area contributed by atoms with Gasteiger partial charge in [0.05, 0.1) is 6.67 Å². The summed E-state index contributed by atoms with van der Waals surface area (Å²) >= 11 is 0. The first-order chi connectivity index (χ1) is 2.41. The minimum atomic E-state index is -0.250. The Kier molecular flexibility index (Phi) is 69.6. The van der Waals surface area contributed by atoms with Gasteiger partial charge in [-0.25, -0.2) is 0 Å². The summed E-state index contributed by atoms with van der Waals surface area (Å²) in [7, 11) is 3.00. The first-order valence-corrected chi connectivity index (χ1v) is 1.19. The summed E-state index contributed by atoms with van der Waals surface area (Å²) in [4.78, 5) is 0. The molecule has 2 radical (unpaired) electrons. The van der Waals surface area contributed by atoms with Crippen molar-refractivity contribution in [2.75, 3.05) is 6.67 Å². The summed E-state index contributed by atoms with van der Waals surface area (Å²) in [6.45, 7) is 1.21. The monoisotopic (exact) mass is 78.0 g/mol. The van der Waals surface area contributed by atoms with Crippen LogP contribution in [-0.2, 0) is 0 Å². The molecule has 0 unspecified atom stereocenters. The van der Waals surface area contributed by atoms with Crippen LogP contribution in [0.3, 0.4) is 0 Å². The lowest BCUT2D eigenvalue weighted by atomic mass is 10.7. The topological polar surface area (TPSA) is 0 Å². The van der Waals surface area contributed by atoms with Crippen LogP contribution in [0.2, 0.25) is 0 Å². The molecule has 0 fully saturated rings. The van der Waals surface area contributed by atoms with E-state index >= 15 is 0 Å². The van der Waals surface area contributed by atoms with Crippen LogP contribution in [0.5, 0.6) is 0 Å². The molecule has 0 aliphatic carbocycles. The van der Waals surface area contributed by atoms with Crippen molar-refractivity contribution in [3.63, 3.8) is 0 Å². The van der Waals surface area contributed by atoms with Crippen molar-refractivity contribution in [2.45, 2.75) is 6.92 Å². The fraction of sp³-hybridized carbons (Fsp3) is 1.00. The highest BCUT2D eigenvalue weighted by molar-refractivity contribution is 5.96. The lowest BCUT2D eigenvalue weighted by molar-refractivity contribution is 0.527. The second-order valence-corrected chi connectivity index (χ2v) is 0.267. The molecule has 3 heteroatoms. The molecule has 0 aromatic rings. The van der Waals surface area contributed by atoms with Crippen LogP contribution in [0, 0.1) is 0 Å². The van der Waals surface area contributed by atoms with Crippen molar-refractivity contribution in [1.29, 1.82) is 0 Å². The lowest BCUT2D eigenvalue weighted by Crippen LogP contribution is -1.40. The highest BCUT2D eigenvalue weighted by atomic mass is 19.1. The van der Waals surface area contributed by atoms with Crippen LogP contribution in [0.15, 0.2) is 0 Å². The predicted octanol–water partition coefficient (Wildman–Crippen LogP) is 1.02. The molecular formula is C2H5BF2. The van der Waals surface area contributed by atoms with Gasteiger partial charge >= 0.3 is 8.12 Å². The lowest BCUT2D eigenvalue weighted by Gasteiger charge is -1.45. The van der Waals surface area contributed by atoms with Gasteiger partial charge in [0.1, 0.15) is 0 Å². The number of alkyl halides is 1. The zero-order valence-electron chi connectivity index (χ0n) is 3.04. The van der Waals surface area contributed by atoms with Crippen LogP contribution in [0.1, 0.15) is 6.92 Å². The summed E-state index contributed by atoms with van der Waals surface area (Å²) in [6.07, 6.45) is 0. The van der Waals surface area contributed by atoms with E-state index in [-0.39, 0.29) is 6.67 Å². The molecule has 0 atom stereocenters. The number of hydrogen-bond acceptors (Lipinski definition) is 0. The minimum absolute atomic E-state index is 0.250. The fourth-order valence-electron chi connectivity index (χ4n) is 0. The van der Waals surface area contributed by atoms with Gasteiger partial charge in [-0.2, -0.15) is 0 Å². The predicted molar refractivity (Wildman–Crippen MR) is 18.5 cm³/mol. The van der Waals surface area contributed by atoms with Gasteiger partial charge in [-0.05, 0) is 6.92 Å². The van der Waals surface area contributed by atoms with Crippen molar-refractivity contribution in [3.05, 3.63) is 0 Å². The van der Waals surface area contributed by atoms with Crippen LogP contribution in [-0.4, -0.2) is 14.8 Å². The van der Waals surface area contributed by atoms with Gasteiger partial charge in [-0.3, -0.25) is 4.39 Å². The second-order valence-electron chi connectivity index (χ2n) is 0.267. The van der Waals surface area contributed by atoms with Crippen LogP contribution in [0.4, 0.5) is 8.71 Å². The number of rotatable bonds is 0. The Balaban J connectivity index is 0. The average Bonchev–Trinajstić information content (AvgIpc) is 1.46. The number of halogens is 2. The number of hydrogen-bond donors (Lipinski definition) is 0. The maximum absolute atomic E-state index is 10.3. The Morgan fingerprint density at radius 1 is 1.60 bits per heavy atom. The Morgan fingerprint density at radius 2 is 1.60 bits per heavy atom. The van der Waals surface area contributed by atoms with Crippen molar-refractivity contribution >= 4 is 8.12 Å². The standard InChI is InChI=1S/C2H5F.BF/c1-2-3;1-2/h2H2,1H3;. The molecule has 0 spiro atoms. The van der Waals surface area contributed by atoms with Crippen molar-refractivity contribution in [1.82, 2.24) is 0 Å². The van der Waals surface area contributed by atoms with Gasteiger partial charge in [0.15, 0.2) is 0 Å². The highest BCUT2D eigenvalue weighted by Crippen LogP contribution is 1.48. The zero-order chi connectivity index (χ0) is 4.71. The molecule has 0 heterocycles. The molecule has 0 aromatic carbocycles. The molecule has 0 rings (SSSR count). The van der Waals surface area contributed by atoms with Crippen LogP contribution < -0.4 is 0 Å². The molecule has 0 saturated carbocycles. The van der Waals surface area contributed by atoms with E-state index in [1.165, 1.54) is 6.92 Å². The first-order valence-electron chi connectivity index (χ1n) is 1.19. The van der Waals surface area contributed by atoms with Crippen LogP contribution in [0.25, 0.3) is 0 Å². The average molecular weight is 77.9 g/mol. The molecular weight excluding hydrogens is 72.8 g/mol. The Labute approximate surface area is 31.6 Å². The van der Waals surface area contributed by atoms with E-state index < -0.39 is 0 Å². The molecule has 0 bridgehead atoms. The maximum atomic E-state index is 10.3. The van der Waals surface area contributed by atoms with E-state index in [0.717, 1.165) is 0 Å². The van der Waals surface area contributed by atoms with Crippen molar-refractivity contribution < 1.29 is 8.71 Å². The molecule has 0 aliphatic heterocycles. The van der Waals surface area contributed by atoms with E-state index in [9.17, 15) is 4.39 Å². The van der Waals surface area contributed by atoms with Crippen molar-refractivity contribution in [3.8, 4) is 0 Å². The van der Waals surface area contributed by atoms with Gasteiger partial charge in [-0.1, -0.05) is 0 Å². The summed E-state index contributed by atoms with van der Waals surface area (Å²) in [6, 6.07) is 0. The third-order valence-electron chi connectivity index (χ3n) is 0. The van der Waals surface area contributed by atoms with E-state index in [1.54, 1.807) is 0 Å². The minimum Gasteiger partial charge on any atom is -0.350 e. The summed E-state index contributed by atoms with van der Waals surface area (Å²) in [5, 5.41) is 0. The van der Waals surface area contributed by atoms with Gasteiger partial charge in [0, 0.05) is 0 Å². The molecule has 30 valence electrons. The van der Waals surface area contributed by atoms with Crippen molar-refractivity contribution in [2.24, 2.45) is 0 Å². The molecule has 0 aromatic heterocycles. The Hall–Kier alpha value is -0.0751. The molecule has 0 amide bonds. The van der Waals surface area contributed by atoms with Gasteiger partial charge in [0.2, 0.25) is 0 Å². The van der Waals surface area contributed by atoms with Gasteiger partial charge in [0.25, 0.3) is 0 Å². The zero-order valence-corrected chi connectivity index (χ0v) is 3.04. The van der Waals surface area contributed by atoms with Crippen LogP contribution >= 0.6 is 0 Å². The van der Waals surface area contributed by atoms with Gasteiger partial charge < -0.3 is 4.32 Å².